The molecule has 1 aromatic carbocycles. The summed E-state index contributed by atoms with van der Waals surface area (Å²) in [5.41, 5.74) is 1.75. The first-order valence-electron chi connectivity index (χ1n) is 4.88. The number of ether oxygens (including phenoxy) is 1. The van der Waals surface area contributed by atoms with E-state index in [0.717, 1.165) is 11.1 Å². The van der Waals surface area contributed by atoms with E-state index in [2.05, 4.69) is 10.7 Å². The van der Waals surface area contributed by atoms with Gasteiger partial charge in [-0.2, -0.15) is 11.3 Å². The first-order valence-corrected chi connectivity index (χ1v) is 5.83. The van der Waals surface area contributed by atoms with Crippen molar-refractivity contribution >= 4 is 11.3 Å². The molecule has 2 rings (SSSR count). The highest BCUT2D eigenvalue weighted by Gasteiger charge is 2.32. The molecule has 0 saturated carbocycles. The van der Waals surface area contributed by atoms with Crippen LogP contribution < -0.4 is 4.74 Å². The van der Waals surface area contributed by atoms with E-state index >= 15 is 0 Å². The molecule has 0 fully saturated rings. The Morgan fingerprint density at radius 1 is 1.17 bits per heavy atom. The summed E-state index contributed by atoms with van der Waals surface area (Å²) in [6.45, 7) is 0. The summed E-state index contributed by atoms with van der Waals surface area (Å²) >= 11 is 1.50. The van der Waals surface area contributed by atoms with Crippen LogP contribution in [0.3, 0.4) is 0 Å². The van der Waals surface area contributed by atoms with Gasteiger partial charge in [-0.3, -0.25) is 0 Å². The minimum absolute atomic E-state index is 0.0797. The maximum atomic E-state index is 12.1. The van der Waals surface area contributed by atoms with Gasteiger partial charge in [-0.15, -0.1) is 19.6 Å². The fourth-order valence-corrected chi connectivity index (χ4v) is 2.13. The molecular weight excluding hydrogens is 261 g/mol. The Hall–Kier alpha value is -1.93. The van der Waals surface area contributed by atoms with Crippen molar-refractivity contribution in [2.45, 2.75) is 6.36 Å². The third-order valence-electron chi connectivity index (χ3n) is 2.22. The lowest BCUT2D eigenvalue weighted by Crippen LogP contribution is -2.17. The Labute approximate surface area is 106 Å². The van der Waals surface area contributed by atoms with Gasteiger partial charge < -0.3 is 4.74 Å². The topological polar surface area (TPSA) is 9.23 Å². The van der Waals surface area contributed by atoms with E-state index in [4.69, 9.17) is 6.42 Å². The molecule has 0 bridgehead atoms. The van der Waals surface area contributed by atoms with Crippen molar-refractivity contribution in [2.75, 3.05) is 0 Å². The van der Waals surface area contributed by atoms with Gasteiger partial charge >= 0.3 is 6.36 Å². The molecule has 2 aromatic rings. The molecule has 92 valence electrons. The number of hydrogen-bond donors (Lipinski definition) is 0. The predicted molar refractivity (Wildman–Crippen MR) is 64.4 cm³/mol. The van der Waals surface area contributed by atoms with Crippen LogP contribution >= 0.6 is 11.3 Å². The molecular formula is C13H7F3OS. The SMILES string of the molecule is C#Cc1cc(-c2ccsc2)ccc1OC(F)(F)F. The third kappa shape index (κ3) is 2.84. The van der Waals surface area contributed by atoms with Gasteiger partial charge in [0.15, 0.2) is 0 Å². The molecule has 0 radical (unpaired) electrons. The summed E-state index contributed by atoms with van der Waals surface area (Å²) in [5.74, 6) is 1.84. The average molecular weight is 268 g/mol. The lowest BCUT2D eigenvalue weighted by atomic mass is 10.1. The average Bonchev–Trinajstić information content (AvgIpc) is 2.81. The Bertz CT molecular complexity index is 579. The van der Waals surface area contributed by atoms with Crippen LogP contribution in [0.4, 0.5) is 13.2 Å². The highest BCUT2D eigenvalue weighted by atomic mass is 32.1. The van der Waals surface area contributed by atoms with Crippen molar-refractivity contribution in [3.63, 3.8) is 0 Å². The molecule has 0 amide bonds. The summed E-state index contributed by atoms with van der Waals surface area (Å²) in [6.07, 6.45) is 0.456. The number of rotatable bonds is 2. The maximum absolute atomic E-state index is 12.1. The van der Waals surface area contributed by atoms with Crippen molar-refractivity contribution in [1.29, 1.82) is 0 Å². The van der Waals surface area contributed by atoms with Crippen molar-refractivity contribution in [3.8, 4) is 29.2 Å². The van der Waals surface area contributed by atoms with Gasteiger partial charge in [-0.25, -0.2) is 0 Å². The van der Waals surface area contributed by atoms with E-state index in [1.807, 2.05) is 16.8 Å². The highest BCUT2D eigenvalue weighted by Crippen LogP contribution is 2.30. The van der Waals surface area contributed by atoms with E-state index < -0.39 is 6.36 Å². The highest BCUT2D eigenvalue weighted by molar-refractivity contribution is 7.08. The first kappa shape index (κ1) is 12.5. The number of halogens is 3. The van der Waals surface area contributed by atoms with Gasteiger partial charge in [0.05, 0.1) is 5.56 Å². The monoisotopic (exact) mass is 268 g/mol. The van der Waals surface area contributed by atoms with E-state index in [9.17, 15) is 13.2 Å². The van der Waals surface area contributed by atoms with Gasteiger partial charge in [-0.05, 0) is 40.1 Å². The van der Waals surface area contributed by atoms with Gasteiger partial charge in [0.2, 0.25) is 0 Å². The van der Waals surface area contributed by atoms with E-state index in [-0.39, 0.29) is 11.3 Å². The summed E-state index contributed by atoms with van der Waals surface area (Å²) < 4.78 is 40.3. The molecule has 0 spiro atoms. The first-order chi connectivity index (χ1) is 8.49. The third-order valence-corrected chi connectivity index (χ3v) is 2.90. The molecule has 0 aliphatic carbocycles. The second-order valence-corrected chi connectivity index (χ2v) is 4.20. The Morgan fingerprint density at radius 3 is 2.50 bits per heavy atom. The number of terminal acetylenes is 1. The van der Waals surface area contributed by atoms with E-state index in [1.54, 1.807) is 6.07 Å². The Kier molecular flexibility index (Phi) is 3.30. The lowest BCUT2D eigenvalue weighted by molar-refractivity contribution is -0.274. The maximum Gasteiger partial charge on any atom is 0.573 e. The minimum atomic E-state index is -4.74. The number of thiophene rings is 1. The smallest absolute Gasteiger partial charge is 0.404 e. The second kappa shape index (κ2) is 4.75. The standard InChI is InChI=1S/C13H7F3OS/c1-2-9-7-10(11-5-6-18-8-11)3-4-12(9)17-13(14,15)16/h1,3-8H. The molecule has 0 N–H and O–H groups in total. The van der Waals surface area contributed by atoms with Crippen molar-refractivity contribution < 1.29 is 17.9 Å². The van der Waals surface area contributed by atoms with Gasteiger partial charge in [0, 0.05) is 0 Å². The molecule has 0 aliphatic heterocycles. The van der Waals surface area contributed by atoms with Crippen LogP contribution in [0.1, 0.15) is 5.56 Å². The van der Waals surface area contributed by atoms with Gasteiger partial charge in [0.1, 0.15) is 5.75 Å². The van der Waals surface area contributed by atoms with Crippen LogP contribution in [-0.2, 0) is 0 Å². The summed E-state index contributed by atoms with van der Waals surface area (Å²) in [5, 5.41) is 3.77. The minimum Gasteiger partial charge on any atom is -0.404 e. The zero-order valence-corrected chi connectivity index (χ0v) is 9.81. The molecule has 18 heavy (non-hydrogen) atoms. The second-order valence-electron chi connectivity index (χ2n) is 3.42. The number of benzene rings is 1. The summed E-state index contributed by atoms with van der Waals surface area (Å²) in [7, 11) is 0. The summed E-state index contributed by atoms with van der Waals surface area (Å²) in [6, 6.07) is 6.15. The van der Waals surface area contributed by atoms with Crippen LogP contribution in [0.2, 0.25) is 0 Å². The van der Waals surface area contributed by atoms with Gasteiger partial charge in [0.25, 0.3) is 0 Å². The molecule has 0 atom stereocenters. The van der Waals surface area contributed by atoms with Crippen molar-refractivity contribution in [3.05, 3.63) is 40.6 Å². The van der Waals surface area contributed by atoms with Crippen LogP contribution in [0.15, 0.2) is 35.0 Å². The molecule has 1 nitrogen and oxygen atoms in total. The molecule has 0 unspecified atom stereocenters. The predicted octanol–water partition coefficient (Wildman–Crippen LogP) is 4.30. The van der Waals surface area contributed by atoms with Crippen LogP contribution in [-0.4, -0.2) is 6.36 Å². The Morgan fingerprint density at radius 2 is 1.94 bits per heavy atom. The van der Waals surface area contributed by atoms with Crippen molar-refractivity contribution in [2.24, 2.45) is 0 Å². The van der Waals surface area contributed by atoms with E-state index in [1.165, 1.54) is 23.5 Å². The molecule has 1 heterocycles. The molecule has 0 saturated heterocycles. The van der Waals surface area contributed by atoms with Crippen LogP contribution in [0.25, 0.3) is 11.1 Å². The lowest BCUT2D eigenvalue weighted by Gasteiger charge is -2.11. The van der Waals surface area contributed by atoms with Crippen LogP contribution in [0.5, 0.6) is 5.75 Å². The fraction of sp³-hybridized carbons (Fsp3) is 0.0769. The normalized spacial score (nSPS) is 11.0. The van der Waals surface area contributed by atoms with E-state index in [0.29, 0.717) is 0 Å². The zero-order chi connectivity index (χ0) is 13.2. The Balaban J connectivity index is 2.39. The van der Waals surface area contributed by atoms with Crippen molar-refractivity contribution in [1.82, 2.24) is 0 Å². The van der Waals surface area contributed by atoms with Crippen LogP contribution in [0, 0.1) is 12.3 Å². The molecule has 0 aliphatic rings. The molecule has 1 aromatic heterocycles. The van der Waals surface area contributed by atoms with Gasteiger partial charge in [-0.1, -0.05) is 12.0 Å². The fourth-order valence-electron chi connectivity index (χ4n) is 1.46. The quantitative estimate of drug-likeness (QED) is 0.738. The molecule has 5 heteroatoms. The summed E-state index contributed by atoms with van der Waals surface area (Å²) in [4.78, 5) is 0. The largest absolute Gasteiger partial charge is 0.573 e. The number of hydrogen-bond acceptors (Lipinski definition) is 2. The zero-order valence-electron chi connectivity index (χ0n) is 8.99. The number of alkyl halides is 3.